The fourth-order valence-corrected chi connectivity index (χ4v) is 5.69. The van der Waals surface area contributed by atoms with Crippen molar-refractivity contribution < 1.29 is 18.7 Å². The van der Waals surface area contributed by atoms with E-state index >= 15 is 0 Å². The topological polar surface area (TPSA) is 108 Å². The number of para-hydroxylation sites is 2. The predicted octanol–water partition coefficient (Wildman–Crippen LogP) is 7.94. The Morgan fingerprint density at radius 3 is 2.64 bits per heavy atom. The lowest BCUT2D eigenvalue weighted by Crippen LogP contribution is -2.21. The summed E-state index contributed by atoms with van der Waals surface area (Å²) in [6, 6.07) is 25.6. The third kappa shape index (κ3) is 6.54. The molecule has 45 heavy (non-hydrogen) atoms. The van der Waals surface area contributed by atoms with Crippen LogP contribution in [0.2, 0.25) is 0 Å². The number of aryl methyl sites for hydroxylation is 1. The van der Waals surface area contributed by atoms with Crippen molar-refractivity contribution >= 4 is 71.5 Å². The van der Waals surface area contributed by atoms with E-state index in [2.05, 4.69) is 42.3 Å². The summed E-state index contributed by atoms with van der Waals surface area (Å²) in [4.78, 5) is 31.0. The molecule has 226 valence electrons. The lowest BCUT2D eigenvalue weighted by Gasteiger charge is -2.15. The molecule has 0 unspecified atom stereocenters. The van der Waals surface area contributed by atoms with Gasteiger partial charge in [-0.3, -0.25) is 9.59 Å². The fraction of sp³-hybridized carbons (Fsp3) is 0.118. The molecule has 0 bridgehead atoms. The molecule has 2 heterocycles. The molecule has 1 amide bonds. The van der Waals surface area contributed by atoms with Crippen LogP contribution < -0.4 is 20.3 Å². The van der Waals surface area contributed by atoms with Gasteiger partial charge in [0, 0.05) is 15.5 Å². The normalized spacial score (nSPS) is 11.4. The molecule has 0 saturated heterocycles. The molecule has 1 N–H and O–H groups in total. The molecule has 0 spiro atoms. The molecule has 0 fully saturated rings. The summed E-state index contributed by atoms with van der Waals surface area (Å²) >= 11 is 7.04. The van der Waals surface area contributed by atoms with E-state index in [0.717, 1.165) is 21.1 Å². The first kappa shape index (κ1) is 30.3. The number of anilines is 1. The molecule has 0 aliphatic carbocycles. The van der Waals surface area contributed by atoms with Gasteiger partial charge in [-0.05, 0) is 95.5 Å². The zero-order valence-corrected chi connectivity index (χ0v) is 27.4. The van der Waals surface area contributed by atoms with E-state index in [-0.39, 0.29) is 23.9 Å². The van der Waals surface area contributed by atoms with E-state index in [1.54, 1.807) is 30.3 Å². The molecular weight excluding hydrogens is 704 g/mol. The number of aromatic nitrogens is 2. The van der Waals surface area contributed by atoms with Gasteiger partial charge in [-0.1, -0.05) is 46.3 Å². The van der Waals surface area contributed by atoms with Crippen molar-refractivity contribution in [1.29, 1.82) is 0 Å². The molecule has 9 nitrogen and oxygen atoms in total. The number of furan rings is 1. The second kappa shape index (κ2) is 13.1. The summed E-state index contributed by atoms with van der Waals surface area (Å²) < 4.78 is 20.5. The fourth-order valence-electron chi connectivity index (χ4n) is 4.74. The summed E-state index contributed by atoms with van der Waals surface area (Å²) in [6.45, 7) is 3.90. The summed E-state index contributed by atoms with van der Waals surface area (Å²) in [5, 5.41) is 8.69. The number of fused-ring (bicyclic) bond motifs is 2. The maximum atomic E-state index is 13.7. The van der Waals surface area contributed by atoms with Gasteiger partial charge in [-0.15, -0.1) is 0 Å². The van der Waals surface area contributed by atoms with Crippen molar-refractivity contribution in [1.82, 2.24) is 9.66 Å². The number of hydrogen-bond donors (Lipinski definition) is 1. The first-order valence-electron chi connectivity index (χ1n) is 14.0. The average Bonchev–Trinajstić information content (AvgIpc) is 3.44. The molecule has 6 rings (SSSR count). The van der Waals surface area contributed by atoms with Gasteiger partial charge in [-0.25, -0.2) is 4.98 Å². The van der Waals surface area contributed by atoms with Gasteiger partial charge in [0.05, 0.1) is 28.2 Å². The Labute approximate surface area is 274 Å². The zero-order valence-electron chi connectivity index (χ0n) is 24.2. The van der Waals surface area contributed by atoms with Crippen LogP contribution in [0.5, 0.6) is 11.5 Å². The SMILES string of the molecule is CCOc1cc(C=Nn2c(-c3cc4cc(Br)ccc4o3)nc3ccccc3c2=O)cc(Br)c1OCC(=O)Nc1ccccc1C. The van der Waals surface area contributed by atoms with Crippen LogP contribution in [-0.2, 0) is 4.79 Å². The van der Waals surface area contributed by atoms with Crippen molar-refractivity contribution in [3.63, 3.8) is 0 Å². The smallest absolute Gasteiger partial charge is 0.282 e. The van der Waals surface area contributed by atoms with E-state index in [1.165, 1.54) is 10.9 Å². The zero-order chi connectivity index (χ0) is 31.5. The number of ether oxygens (including phenoxy) is 2. The van der Waals surface area contributed by atoms with E-state index in [1.807, 2.05) is 68.4 Å². The number of hydrogen-bond acceptors (Lipinski definition) is 7. The molecule has 0 saturated carbocycles. The highest BCUT2D eigenvalue weighted by atomic mass is 79.9. The monoisotopic (exact) mass is 728 g/mol. The average molecular weight is 730 g/mol. The van der Waals surface area contributed by atoms with Crippen molar-refractivity contribution in [2.45, 2.75) is 13.8 Å². The van der Waals surface area contributed by atoms with Crippen LogP contribution in [0.1, 0.15) is 18.1 Å². The highest BCUT2D eigenvalue weighted by molar-refractivity contribution is 9.10. The van der Waals surface area contributed by atoms with Crippen LogP contribution in [0, 0.1) is 6.92 Å². The number of benzene rings is 4. The number of carbonyl (C=O) groups excluding carboxylic acids is 1. The minimum Gasteiger partial charge on any atom is -0.490 e. The highest BCUT2D eigenvalue weighted by Gasteiger charge is 2.18. The van der Waals surface area contributed by atoms with Crippen LogP contribution in [0.4, 0.5) is 5.69 Å². The Morgan fingerprint density at radius 2 is 1.82 bits per heavy atom. The molecule has 4 aromatic carbocycles. The number of nitrogens with one attached hydrogen (secondary N) is 1. The van der Waals surface area contributed by atoms with Crippen LogP contribution in [0.15, 0.2) is 108 Å². The Hall–Kier alpha value is -4.74. The lowest BCUT2D eigenvalue weighted by molar-refractivity contribution is -0.118. The number of rotatable bonds is 9. The van der Waals surface area contributed by atoms with Gasteiger partial charge >= 0.3 is 0 Å². The summed E-state index contributed by atoms with van der Waals surface area (Å²) in [6.07, 6.45) is 1.53. The second-order valence-electron chi connectivity index (χ2n) is 10.0. The van der Waals surface area contributed by atoms with Crippen LogP contribution in [0.3, 0.4) is 0 Å². The Morgan fingerprint density at radius 1 is 1.02 bits per heavy atom. The lowest BCUT2D eigenvalue weighted by atomic mass is 10.2. The molecule has 0 aliphatic rings. The number of carbonyl (C=O) groups is 1. The molecule has 11 heteroatoms. The van der Waals surface area contributed by atoms with Gasteiger partial charge in [0.15, 0.2) is 23.9 Å². The Kier molecular flexibility index (Phi) is 8.81. The number of halogens is 2. The van der Waals surface area contributed by atoms with Crippen molar-refractivity contribution in [2.24, 2.45) is 5.10 Å². The van der Waals surface area contributed by atoms with Crippen molar-refractivity contribution in [2.75, 3.05) is 18.5 Å². The van der Waals surface area contributed by atoms with Crippen LogP contribution in [0.25, 0.3) is 33.5 Å². The third-order valence-electron chi connectivity index (χ3n) is 6.87. The van der Waals surface area contributed by atoms with E-state index in [0.29, 0.717) is 50.4 Å². The highest BCUT2D eigenvalue weighted by Crippen LogP contribution is 2.37. The van der Waals surface area contributed by atoms with Crippen molar-refractivity contribution in [3.05, 3.63) is 115 Å². The largest absolute Gasteiger partial charge is 0.490 e. The van der Waals surface area contributed by atoms with Crippen LogP contribution >= 0.6 is 31.9 Å². The molecule has 2 aromatic heterocycles. The van der Waals surface area contributed by atoms with Gasteiger partial charge in [0.2, 0.25) is 5.82 Å². The minimum absolute atomic E-state index is 0.226. The predicted molar refractivity (Wildman–Crippen MR) is 183 cm³/mol. The first-order chi connectivity index (χ1) is 21.8. The van der Waals surface area contributed by atoms with Crippen LogP contribution in [-0.4, -0.2) is 35.0 Å². The maximum Gasteiger partial charge on any atom is 0.282 e. The van der Waals surface area contributed by atoms with Crippen molar-refractivity contribution in [3.8, 4) is 23.1 Å². The van der Waals surface area contributed by atoms with E-state index in [9.17, 15) is 9.59 Å². The summed E-state index contributed by atoms with van der Waals surface area (Å²) in [5.74, 6) is 1.12. The Bertz CT molecular complexity index is 2160. The number of amides is 1. The van der Waals surface area contributed by atoms with E-state index < -0.39 is 0 Å². The van der Waals surface area contributed by atoms with E-state index in [4.69, 9.17) is 18.9 Å². The third-order valence-corrected chi connectivity index (χ3v) is 7.96. The standard InChI is InChI=1S/C34H26Br2N4O5/c1-3-43-29-15-21(14-25(36)32(29)44-19-31(41)38-26-10-6-4-8-20(26)2)18-37-40-33(39-27-11-7-5-9-24(27)34(40)42)30-17-22-16-23(35)12-13-28(22)45-30/h4-18H,3,19H2,1-2H3,(H,38,41). The molecule has 0 radical (unpaired) electrons. The van der Waals surface area contributed by atoms with Gasteiger partial charge in [-0.2, -0.15) is 9.78 Å². The molecule has 0 aliphatic heterocycles. The summed E-state index contributed by atoms with van der Waals surface area (Å²) in [5.41, 5.74) is 3.11. The first-order valence-corrected chi connectivity index (χ1v) is 15.6. The number of nitrogens with zero attached hydrogens (tertiary/aromatic N) is 3. The molecular formula is C34H26Br2N4O5. The van der Waals surface area contributed by atoms with Gasteiger partial charge in [0.25, 0.3) is 11.5 Å². The second-order valence-corrected chi connectivity index (χ2v) is 11.8. The maximum absolute atomic E-state index is 13.7. The molecule has 6 aromatic rings. The summed E-state index contributed by atoms with van der Waals surface area (Å²) in [7, 11) is 0. The van der Waals surface area contributed by atoms with Gasteiger partial charge in [0.1, 0.15) is 5.58 Å². The minimum atomic E-state index is -0.350. The quantitative estimate of drug-likeness (QED) is 0.152. The Balaban J connectivity index is 1.33. The van der Waals surface area contributed by atoms with Gasteiger partial charge < -0.3 is 19.2 Å². The molecule has 0 atom stereocenters.